The molecule has 1 aromatic carbocycles. The predicted octanol–water partition coefficient (Wildman–Crippen LogP) is 0.249. The molecule has 0 radical (unpaired) electrons. The second-order valence-electron chi connectivity index (χ2n) is 6.05. The highest BCUT2D eigenvalue weighted by Gasteiger charge is 2.34. The van der Waals surface area contributed by atoms with Crippen molar-refractivity contribution >= 4 is 29.8 Å². The van der Waals surface area contributed by atoms with Crippen LogP contribution in [0.3, 0.4) is 0 Å². The fraction of sp³-hybridized carbons (Fsp3) is 0.444. The number of anilines is 1. The number of ether oxygens (including phenoxy) is 1. The smallest absolute Gasteiger partial charge is 0.329 e. The summed E-state index contributed by atoms with van der Waals surface area (Å²) < 4.78 is 4.98. The number of carboxylic acid groups (broad SMARTS) is 1. The molecule has 1 aliphatic heterocycles. The standard InChI is InChI=1S/C18H23N3O6/c1-19-16(23)6-5-12(10-22)21-9-14-13(18(21)26)3-2-4-15(14)20-7-8-27-11-17(24)25/h2-4,10,12,20H,5-9,11H2,1H3,(H,19,23)(H,24,25). The van der Waals surface area contributed by atoms with Crippen molar-refractivity contribution in [2.24, 2.45) is 0 Å². The van der Waals surface area contributed by atoms with Crippen LogP contribution in [0.15, 0.2) is 18.2 Å². The van der Waals surface area contributed by atoms with E-state index in [1.807, 2.05) is 6.07 Å². The Balaban J connectivity index is 2.01. The molecule has 0 fully saturated rings. The predicted molar refractivity (Wildman–Crippen MR) is 96.4 cm³/mol. The summed E-state index contributed by atoms with van der Waals surface area (Å²) in [5, 5.41) is 14.2. The first-order chi connectivity index (χ1) is 13.0. The minimum Gasteiger partial charge on any atom is -0.480 e. The van der Waals surface area contributed by atoms with Crippen molar-refractivity contribution in [2.45, 2.75) is 25.4 Å². The van der Waals surface area contributed by atoms with Crippen LogP contribution in [0.4, 0.5) is 5.69 Å². The highest BCUT2D eigenvalue weighted by molar-refractivity contribution is 6.01. The Hall–Kier alpha value is -2.94. The van der Waals surface area contributed by atoms with Gasteiger partial charge < -0.3 is 30.2 Å². The largest absolute Gasteiger partial charge is 0.480 e. The Morgan fingerprint density at radius 1 is 1.41 bits per heavy atom. The zero-order valence-electron chi connectivity index (χ0n) is 15.1. The summed E-state index contributed by atoms with van der Waals surface area (Å²) in [6.45, 7) is 0.486. The number of hydrogen-bond acceptors (Lipinski definition) is 6. The summed E-state index contributed by atoms with van der Waals surface area (Å²) in [5.41, 5.74) is 2.02. The Morgan fingerprint density at radius 3 is 2.85 bits per heavy atom. The van der Waals surface area contributed by atoms with E-state index in [2.05, 4.69) is 10.6 Å². The zero-order chi connectivity index (χ0) is 19.8. The molecule has 0 bridgehead atoms. The molecule has 146 valence electrons. The fourth-order valence-electron chi connectivity index (χ4n) is 2.91. The minimum atomic E-state index is -1.03. The van der Waals surface area contributed by atoms with E-state index in [0.29, 0.717) is 18.4 Å². The van der Waals surface area contributed by atoms with Gasteiger partial charge in [-0.2, -0.15) is 0 Å². The quantitative estimate of drug-likeness (QED) is 0.373. The Kier molecular flexibility index (Phi) is 7.30. The number of carbonyl (C=O) groups excluding carboxylic acids is 3. The molecule has 1 unspecified atom stereocenters. The van der Waals surface area contributed by atoms with Crippen molar-refractivity contribution in [2.75, 3.05) is 32.1 Å². The molecule has 9 heteroatoms. The summed E-state index contributed by atoms with van der Waals surface area (Å²) in [6.07, 6.45) is 1.11. The van der Waals surface area contributed by atoms with Crippen molar-refractivity contribution in [3.05, 3.63) is 29.3 Å². The van der Waals surface area contributed by atoms with Crippen LogP contribution >= 0.6 is 0 Å². The number of carboxylic acids is 1. The summed E-state index contributed by atoms with van der Waals surface area (Å²) >= 11 is 0. The maximum Gasteiger partial charge on any atom is 0.329 e. The van der Waals surface area contributed by atoms with Gasteiger partial charge in [-0.05, 0) is 18.6 Å². The highest BCUT2D eigenvalue weighted by Crippen LogP contribution is 2.31. The van der Waals surface area contributed by atoms with E-state index in [0.717, 1.165) is 11.3 Å². The maximum absolute atomic E-state index is 12.7. The topological polar surface area (TPSA) is 125 Å². The number of fused-ring (bicyclic) bond motifs is 1. The van der Waals surface area contributed by atoms with E-state index in [9.17, 15) is 19.2 Å². The monoisotopic (exact) mass is 377 g/mol. The van der Waals surface area contributed by atoms with E-state index in [-0.39, 0.29) is 44.4 Å². The number of rotatable bonds is 11. The number of aliphatic carboxylic acids is 1. The third kappa shape index (κ3) is 5.27. The second-order valence-corrected chi connectivity index (χ2v) is 6.05. The fourth-order valence-corrected chi connectivity index (χ4v) is 2.91. The molecule has 27 heavy (non-hydrogen) atoms. The summed E-state index contributed by atoms with van der Waals surface area (Å²) in [5.74, 6) is -1.46. The normalized spacial score (nSPS) is 13.8. The lowest BCUT2D eigenvalue weighted by Gasteiger charge is -2.22. The first-order valence-electron chi connectivity index (χ1n) is 8.60. The number of benzene rings is 1. The molecular weight excluding hydrogens is 354 g/mol. The molecule has 0 saturated carbocycles. The highest BCUT2D eigenvalue weighted by atomic mass is 16.5. The van der Waals surface area contributed by atoms with Crippen LogP contribution in [0.1, 0.15) is 28.8 Å². The van der Waals surface area contributed by atoms with Gasteiger partial charge in [-0.25, -0.2) is 4.79 Å². The van der Waals surface area contributed by atoms with Crippen molar-refractivity contribution in [3.8, 4) is 0 Å². The molecule has 0 aromatic heterocycles. The van der Waals surface area contributed by atoms with E-state index in [1.54, 1.807) is 12.1 Å². The Bertz CT molecular complexity index is 721. The number of aldehydes is 1. The molecule has 1 heterocycles. The van der Waals surface area contributed by atoms with Gasteiger partial charge in [0.1, 0.15) is 12.9 Å². The lowest BCUT2D eigenvalue weighted by molar-refractivity contribution is -0.142. The lowest BCUT2D eigenvalue weighted by Crippen LogP contribution is -2.37. The van der Waals surface area contributed by atoms with Gasteiger partial charge in [0, 0.05) is 43.4 Å². The van der Waals surface area contributed by atoms with Crippen LogP contribution in [0.25, 0.3) is 0 Å². The third-order valence-corrected chi connectivity index (χ3v) is 4.29. The SMILES string of the molecule is CNC(=O)CCC(C=O)N1Cc2c(NCCOCC(=O)O)cccc2C1=O. The van der Waals surface area contributed by atoms with Crippen LogP contribution in [0.5, 0.6) is 0 Å². The maximum atomic E-state index is 12.7. The minimum absolute atomic E-state index is 0.159. The molecule has 0 saturated heterocycles. The van der Waals surface area contributed by atoms with Gasteiger partial charge in [-0.1, -0.05) is 6.07 Å². The first kappa shape index (κ1) is 20.4. The van der Waals surface area contributed by atoms with Gasteiger partial charge in [0.2, 0.25) is 5.91 Å². The summed E-state index contributed by atoms with van der Waals surface area (Å²) in [4.78, 5) is 47.4. The van der Waals surface area contributed by atoms with Gasteiger partial charge in [0.05, 0.1) is 12.6 Å². The van der Waals surface area contributed by atoms with Crippen molar-refractivity contribution in [3.63, 3.8) is 0 Å². The van der Waals surface area contributed by atoms with Gasteiger partial charge in [-0.15, -0.1) is 0 Å². The van der Waals surface area contributed by atoms with Gasteiger partial charge >= 0.3 is 5.97 Å². The Labute approximate surface area is 156 Å². The van der Waals surface area contributed by atoms with Gasteiger partial charge in [-0.3, -0.25) is 9.59 Å². The van der Waals surface area contributed by atoms with Crippen molar-refractivity contribution in [1.82, 2.24) is 10.2 Å². The Morgan fingerprint density at radius 2 is 2.19 bits per heavy atom. The lowest BCUT2D eigenvalue weighted by atomic mass is 10.1. The van der Waals surface area contributed by atoms with Crippen LogP contribution < -0.4 is 10.6 Å². The molecule has 1 aliphatic rings. The zero-order valence-corrected chi connectivity index (χ0v) is 15.1. The molecule has 2 amide bonds. The van der Waals surface area contributed by atoms with Gasteiger partial charge in [0.15, 0.2) is 0 Å². The average molecular weight is 377 g/mol. The number of hydrogen-bond donors (Lipinski definition) is 3. The molecular formula is C18H23N3O6. The molecule has 2 rings (SSSR count). The van der Waals surface area contributed by atoms with Gasteiger partial charge in [0.25, 0.3) is 5.91 Å². The number of nitrogens with zero attached hydrogens (tertiary/aromatic N) is 1. The second kappa shape index (κ2) is 9.67. The van der Waals surface area contributed by atoms with Crippen LogP contribution in [-0.2, 0) is 25.7 Å². The summed E-state index contributed by atoms with van der Waals surface area (Å²) in [6, 6.07) is 4.58. The van der Waals surface area contributed by atoms with Crippen molar-refractivity contribution < 1.29 is 29.0 Å². The molecule has 0 aliphatic carbocycles. The van der Waals surface area contributed by atoms with E-state index in [4.69, 9.17) is 9.84 Å². The van der Waals surface area contributed by atoms with E-state index < -0.39 is 12.0 Å². The van der Waals surface area contributed by atoms with E-state index in [1.165, 1.54) is 11.9 Å². The number of amides is 2. The van der Waals surface area contributed by atoms with Crippen LogP contribution in [0, 0.1) is 0 Å². The van der Waals surface area contributed by atoms with E-state index >= 15 is 0 Å². The third-order valence-electron chi connectivity index (χ3n) is 4.29. The molecule has 0 spiro atoms. The number of nitrogens with one attached hydrogen (secondary N) is 2. The molecule has 9 nitrogen and oxygen atoms in total. The molecule has 1 atom stereocenters. The van der Waals surface area contributed by atoms with Crippen LogP contribution in [-0.4, -0.2) is 66.9 Å². The molecule has 1 aromatic rings. The van der Waals surface area contributed by atoms with Crippen LogP contribution in [0.2, 0.25) is 0 Å². The summed E-state index contributed by atoms with van der Waals surface area (Å²) in [7, 11) is 1.52. The number of carbonyl (C=O) groups is 4. The first-order valence-corrected chi connectivity index (χ1v) is 8.60. The molecule has 3 N–H and O–H groups in total. The average Bonchev–Trinajstić information content (AvgIpc) is 2.99. The van der Waals surface area contributed by atoms with Crippen molar-refractivity contribution in [1.29, 1.82) is 0 Å².